The summed E-state index contributed by atoms with van der Waals surface area (Å²) in [4.78, 5) is 20.2. The lowest BCUT2D eigenvalue weighted by Crippen LogP contribution is -2.26. The number of methoxy groups -OCH3 is 2. The molecule has 0 radical (unpaired) electrons. The van der Waals surface area contributed by atoms with Gasteiger partial charge in [0.1, 0.15) is 17.3 Å². The fourth-order valence-electron chi connectivity index (χ4n) is 1.90. The van der Waals surface area contributed by atoms with Crippen LogP contribution in [0.3, 0.4) is 0 Å². The van der Waals surface area contributed by atoms with Crippen molar-refractivity contribution in [1.82, 2.24) is 15.3 Å². The summed E-state index contributed by atoms with van der Waals surface area (Å²) >= 11 is 0. The van der Waals surface area contributed by atoms with E-state index in [0.717, 1.165) is 12.1 Å². The summed E-state index contributed by atoms with van der Waals surface area (Å²) in [7, 11) is 3.23. The smallest absolute Gasteiger partial charge is 0.271 e. The lowest BCUT2D eigenvalue weighted by atomic mass is 10.3. The number of carbonyl (C=O) groups excluding carboxylic acids is 1. The van der Waals surface area contributed by atoms with Crippen molar-refractivity contribution < 1.29 is 14.3 Å². The van der Waals surface area contributed by atoms with Crippen molar-refractivity contribution in [3.8, 4) is 5.75 Å². The summed E-state index contributed by atoms with van der Waals surface area (Å²) in [5.41, 5.74) is 1.05. The van der Waals surface area contributed by atoms with Crippen molar-refractivity contribution in [2.24, 2.45) is 0 Å². The molecule has 0 saturated carbocycles. The first-order valence-corrected chi connectivity index (χ1v) is 7.24. The van der Waals surface area contributed by atoms with Gasteiger partial charge >= 0.3 is 0 Å². The van der Waals surface area contributed by atoms with Crippen LogP contribution in [0.2, 0.25) is 0 Å². The molecule has 0 bridgehead atoms. The van der Waals surface area contributed by atoms with E-state index < -0.39 is 0 Å². The fourth-order valence-corrected chi connectivity index (χ4v) is 1.90. The molecule has 7 heteroatoms. The number of hydrogen-bond acceptors (Lipinski definition) is 6. The Balaban J connectivity index is 1.95. The molecule has 0 aliphatic heterocycles. The molecule has 0 unspecified atom stereocenters. The number of rotatable bonds is 8. The van der Waals surface area contributed by atoms with E-state index in [1.807, 2.05) is 24.3 Å². The highest BCUT2D eigenvalue weighted by molar-refractivity contribution is 5.92. The third-order valence-corrected chi connectivity index (χ3v) is 3.06. The first kappa shape index (κ1) is 16.7. The minimum absolute atomic E-state index is 0.252. The quantitative estimate of drug-likeness (QED) is 0.725. The maximum absolute atomic E-state index is 11.9. The third kappa shape index (κ3) is 4.93. The molecule has 0 atom stereocenters. The van der Waals surface area contributed by atoms with Gasteiger partial charge in [-0.05, 0) is 18.6 Å². The summed E-state index contributed by atoms with van der Waals surface area (Å²) in [6, 6.07) is 7.49. The number of aromatic nitrogens is 2. The molecule has 0 fully saturated rings. The average molecular weight is 316 g/mol. The minimum atomic E-state index is -0.252. The van der Waals surface area contributed by atoms with Crippen LogP contribution in [0.1, 0.15) is 16.9 Å². The highest BCUT2D eigenvalue weighted by Gasteiger charge is 2.08. The summed E-state index contributed by atoms with van der Waals surface area (Å²) in [5, 5.41) is 5.86. The highest BCUT2D eigenvalue weighted by Crippen LogP contribution is 2.25. The Kier molecular flexibility index (Phi) is 6.31. The number of hydrogen-bond donors (Lipinski definition) is 2. The van der Waals surface area contributed by atoms with Crippen LogP contribution in [0.5, 0.6) is 5.75 Å². The summed E-state index contributed by atoms with van der Waals surface area (Å²) < 4.78 is 10.2. The second kappa shape index (κ2) is 8.70. The predicted octanol–water partition coefficient (Wildman–Crippen LogP) is 2.00. The van der Waals surface area contributed by atoms with Crippen LogP contribution in [-0.4, -0.2) is 43.2 Å². The first-order chi connectivity index (χ1) is 11.2. The van der Waals surface area contributed by atoms with Gasteiger partial charge in [0.05, 0.1) is 25.2 Å². The Morgan fingerprint density at radius 3 is 2.70 bits per heavy atom. The van der Waals surface area contributed by atoms with E-state index in [1.165, 1.54) is 12.4 Å². The number of nitrogens with zero attached hydrogens (tertiary/aromatic N) is 2. The largest absolute Gasteiger partial charge is 0.495 e. The molecule has 0 aliphatic carbocycles. The summed E-state index contributed by atoms with van der Waals surface area (Å²) in [6.07, 6.45) is 3.70. The molecule has 7 nitrogen and oxygen atoms in total. The van der Waals surface area contributed by atoms with Crippen molar-refractivity contribution in [3.05, 3.63) is 42.4 Å². The van der Waals surface area contributed by atoms with Gasteiger partial charge in [0.25, 0.3) is 5.91 Å². The summed E-state index contributed by atoms with van der Waals surface area (Å²) in [6.45, 7) is 1.14. The monoisotopic (exact) mass is 316 g/mol. The Morgan fingerprint density at radius 1 is 1.17 bits per heavy atom. The van der Waals surface area contributed by atoms with Gasteiger partial charge in [0, 0.05) is 20.3 Å². The molecule has 1 amide bonds. The number of benzene rings is 1. The Hall–Kier alpha value is -2.67. The molecule has 2 rings (SSSR count). The number of carbonyl (C=O) groups is 1. The van der Waals surface area contributed by atoms with E-state index >= 15 is 0 Å². The molecule has 1 aromatic heterocycles. The SMILES string of the molecule is COCCCNC(=O)c1cnc(Nc2ccccc2OC)cn1. The Morgan fingerprint density at radius 2 is 2.00 bits per heavy atom. The van der Waals surface area contributed by atoms with Gasteiger partial charge < -0.3 is 20.1 Å². The van der Waals surface area contributed by atoms with Crippen LogP contribution < -0.4 is 15.4 Å². The second-order valence-corrected chi connectivity index (χ2v) is 4.71. The lowest BCUT2D eigenvalue weighted by molar-refractivity contribution is 0.0943. The number of para-hydroxylation sites is 2. The zero-order chi connectivity index (χ0) is 16.5. The van der Waals surface area contributed by atoms with Crippen LogP contribution in [0.4, 0.5) is 11.5 Å². The van der Waals surface area contributed by atoms with Crippen molar-refractivity contribution >= 4 is 17.4 Å². The molecule has 0 spiro atoms. The van der Waals surface area contributed by atoms with Gasteiger partial charge in [-0.15, -0.1) is 0 Å². The molecular formula is C16H20N4O3. The molecule has 1 aromatic carbocycles. The van der Waals surface area contributed by atoms with Gasteiger partial charge in [-0.25, -0.2) is 9.97 Å². The van der Waals surface area contributed by atoms with Crippen molar-refractivity contribution in [3.63, 3.8) is 0 Å². The molecule has 1 heterocycles. The normalized spacial score (nSPS) is 10.2. The molecule has 0 saturated heterocycles. The van der Waals surface area contributed by atoms with Crippen LogP contribution in [0.25, 0.3) is 0 Å². The number of amides is 1. The summed E-state index contributed by atoms with van der Waals surface area (Å²) in [5.74, 6) is 0.983. The number of nitrogens with one attached hydrogen (secondary N) is 2. The Bertz CT molecular complexity index is 631. The van der Waals surface area contributed by atoms with Crippen LogP contribution in [0, 0.1) is 0 Å². The van der Waals surface area contributed by atoms with Crippen molar-refractivity contribution in [2.45, 2.75) is 6.42 Å². The van der Waals surface area contributed by atoms with Crippen molar-refractivity contribution in [1.29, 1.82) is 0 Å². The first-order valence-electron chi connectivity index (χ1n) is 7.24. The van der Waals surface area contributed by atoms with Gasteiger partial charge in [-0.2, -0.15) is 0 Å². The van der Waals surface area contributed by atoms with E-state index in [-0.39, 0.29) is 11.6 Å². The molecule has 23 heavy (non-hydrogen) atoms. The van der Waals surface area contributed by atoms with Gasteiger partial charge in [-0.3, -0.25) is 4.79 Å². The topological polar surface area (TPSA) is 85.4 Å². The average Bonchev–Trinajstić information content (AvgIpc) is 2.59. The Labute approximate surface area is 135 Å². The van der Waals surface area contributed by atoms with E-state index in [4.69, 9.17) is 9.47 Å². The highest BCUT2D eigenvalue weighted by atomic mass is 16.5. The maximum Gasteiger partial charge on any atom is 0.271 e. The third-order valence-electron chi connectivity index (χ3n) is 3.06. The standard InChI is InChI=1S/C16H20N4O3/c1-22-9-5-8-17-16(21)13-10-19-15(11-18-13)20-12-6-3-4-7-14(12)23-2/h3-4,6-7,10-11H,5,8-9H2,1-2H3,(H,17,21)(H,19,20). The van der Waals surface area contributed by atoms with Gasteiger partial charge in [0.2, 0.25) is 0 Å². The zero-order valence-corrected chi connectivity index (χ0v) is 13.2. The number of ether oxygens (including phenoxy) is 2. The maximum atomic E-state index is 11.9. The van der Waals surface area contributed by atoms with Gasteiger partial charge in [0.15, 0.2) is 0 Å². The van der Waals surface area contributed by atoms with Crippen LogP contribution in [0.15, 0.2) is 36.7 Å². The molecular weight excluding hydrogens is 296 g/mol. The van der Waals surface area contributed by atoms with Gasteiger partial charge in [-0.1, -0.05) is 12.1 Å². The molecule has 0 aliphatic rings. The zero-order valence-electron chi connectivity index (χ0n) is 13.2. The fraction of sp³-hybridized carbons (Fsp3) is 0.312. The van der Waals surface area contributed by atoms with E-state index in [9.17, 15) is 4.79 Å². The molecule has 2 N–H and O–H groups in total. The van der Waals surface area contributed by atoms with E-state index in [0.29, 0.717) is 24.7 Å². The van der Waals surface area contributed by atoms with Crippen molar-refractivity contribution in [2.75, 3.05) is 32.7 Å². The van der Waals surface area contributed by atoms with E-state index in [2.05, 4.69) is 20.6 Å². The molecule has 122 valence electrons. The minimum Gasteiger partial charge on any atom is -0.495 e. The second-order valence-electron chi connectivity index (χ2n) is 4.71. The number of anilines is 2. The van der Waals surface area contributed by atoms with Crippen LogP contribution >= 0.6 is 0 Å². The van der Waals surface area contributed by atoms with E-state index in [1.54, 1.807) is 14.2 Å². The lowest BCUT2D eigenvalue weighted by Gasteiger charge is -2.10. The molecule has 2 aromatic rings. The predicted molar refractivity (Wildman–Crippen MR) is 87.1 cm³/mol. The van der Waals surface area contributed by atoms with Crippen LogP contribution in [-0.2, 0) is 4.74 Å².